The molecular weight excluding hydrogens is 443 g/mol. The maximum absolute atomic E-state index is 4.92. The van der Waals surface area contributed by atoms with Crippen molar-refractivity contribution in [2.45, 2.75) is 39.5 Å². The normalized spacial score (nSPS) is 16.5. The Labute approximate surface area is 175 Å². The Morgan fingerprint density at radius 2 is 2.12 bits per heavy atom. The summed E-state index contributed by atoms with van der Waals surface area (Å²) in [4.78, 5) is 11.2. The Morgan fingerprint density at radius 3 is 2.72 bits per heavy atom. The van der Waals surface area contributed by atoms with Crippen molar-refractivity contribution >= 4 is 41.3 Å². The van der Waals surface area contributed by atoms with Gasteiger partial charge in [0.15, 0.2) is 5.96 Å². The molecular formula is C19H35IN4S. The van der Waals surface area contributed by atoms with Crippen LogP contribution in [0.4, 0.5) is 0 Å². The van der Waals surface area contributed by atoms with Crippen molar-refractivity contribution < 1.29 is 0 Å². The summed E-state index contributed by atoms with van der Waals surface area (Å²) in [5.74, 6) is 1.81. The number of thiophene rings is 1. The summed E-state index contributed by atoms with van der Waals surface area (Å²) in [6.07, 6.45) is 4.94. The number of hydrogen-bond donors (Lipinski definition) is 1. The molecule has 1 aromatic heterocycles. The Morgan fingerprint density at radius 1 is 1.36 bits per heavy atom. The van der Waals surface area contributed by atoms with Crippen LogP contribution in [0.3, 0.4) is 0 Å². The fourth-order valence-corrected chi connectivity index (χ4v) is 3.93. The van der Waals surface area contributed by atoms with E-state index < -0.39 is 0 Å². The molecule has 1 aliphatic rings. The molecule has 1 fully saturated rings. The van der Waals surface area contributed by atoms with E-state index in [0.717, 1.165) is 37.9 Å². The van der Waals surface area contributed by atoms with Crippen molar-refractivity contribution in [3.8, 4) is 0 Å². The topological polar surface area (TPSA) is 30.9 Å². The second kappa shape index (κ2) is 12.9. The van der Waals surface area contributed by atoms with Crippen molar-refractivity contribution in [3.05, 3.63) is 22.4 Å². The van der Waals surface area contributed by atoms with Gasteiger partial charge in [0.25, 0.3) is 0 Å². The van der Waals surface area contributed by atoms with Gasteiger partial charge in [-0.3, -0.25) is 4.99 Å². The molecule has 2 heterocycles. The van der Waals surface area contributed by atoms with Gasteiger partial charge in [-0.05, 0) is 69.6 Å². The third-order valence-corrected chi connectivity index (χ3v) is 5.65. The van der Waals surface area contributed by atoms with Crippen LogP contribution in [0, 0.1) is 5.92 Å². The average Bonchev–Trinajstić information content (AvgIpc) is 3.11. The SMILES string of the molecule is CCCN1CCC(CN=C(NCC)N(C)CCc2cccs2)CC1.I. The third kappa shape index (κ3) is 8.26. The van der Waals surface area contributed by atoms with E-state index in [1.54, 1.807) is 0 Å². The molecule has 1 aromatic rings. The quantitative estimate of drug-likeness (QED) is 0.349. The van der Waals surface area contributed by atoms with E-state index in [4.69, 9.17) is 4.99 Å². The summed E-state index contributed by atoms with van der Waals surface area (Å²) >= 11 is 1.84. The molecule has 6 heteroatoms. The summed E-state index contributed by atoms with van der Waals surface area (Å²) in [7, 11) is 2.15. The maximum atomic E-state index is 4.92. The molecule has 25 heavy (non-hydrogen) atoms. The van der Waals surface area contributed by atoms with Crippen LogP contribution in [0.1, 0.15) is 38.0 Å². The third-order valence-electron chi connectivity index (χ3n) is 4.72. The van der Waals surface area contributed by atoms with Gasteiger partial charge in [0.05, 0.1) is 0 Å². The van der Waals surface area contributed by atoms with E-state index in [9.17, 15) is 0 Å². The van der Waals surface area contributed by atoms with Crippen LogP contribution in [0.5, 0.6) is 0 Å². The molecule has 2 rings (SSSR count). The van der Waals surface area contributed by atoms with Gasteiger partial charge in [-0.15, -0.1) is 35.3 Å². The van der Waals surface area contributed by atoms with E-state index in [0.29, 0.717) is 0 Å². The lowest BCUT2D eigenvalue weighted by molar-refractivity contribution is 0.188. The van der Waals surface area contributed by atoms with Crippen molar-refractivity contribution in [2.75, 3.05) is 46.3 Å². The standard InChI is InChI=1S/C19H34N4S.HI/c1-4-11-23-13-8-17(9-14-23)16-21-19(20-5-2)22(3)12-10-18-7-6-15-24-18;/h6-7,15,17H,4-5,8-14,16H2,1-3H3,(H,20,21);1H. The zero-order valence-corrected chi connectivity index (χ0v) is 19.2. The van der Waals surface area contributed by atoms with Crippen molar-refractivity contribution in [1.29, 1.82) is 0 Å². The highest BCUT2D eigenvalue weighted by Gasteiger charge is 2.18. The van der Waals surface area contributed by atoms with Crippen LogP contribution < -0.4 is 5.32 Å². The highest BCUT2D eigenvalue weighted by atomic mass is 127. The van der Waals surface area contributed by atoms with Gasteiger partial charge in [0.2, 0.25) is 0 Å². The smallest absolute Gasteiger partial charge is 0.193 e. The van der Waals surface area contributed by atoms with Crippen LogP contribution in [-0.4, -0.2) is 62.1 Å². The van der Waals surface area contributed by atoms with Crippen LogP contribution in [-0.2, 0) is 6.42 Å². The van der Waals surface area contributed by atoms with Gasteiger partial charge in [0, 0.05) is 31.6 Å². The number of nitrogens with zero attached hydrogens (tertiary/aromatic N) is 3. The monoisotopic (exact) mass is 478 g/mol. The van der Waals surface area contributed by atoms with E-state index in [2.05, 4.69) is 53.5 Å². The number of likely N-dealkylation sites (tertiary alicyclic amines) is 1. The molecule has 0 aromatic carbocycles. The molecule has 0 aliphatic carbocycles. The van der Waals surface area contributed by atoms with E-state index in [-0.39, 0.29) is 24.0 Å². The zero-order valence-electron chi connectivity index (χ0n) is 16.0. The second-order valence-electron chi connectivity index (χ2n) is 6.73. The van der Waals surface area contributed by atoms with Crippen molar-refractivity contribution in [3.63, 3.8) is 0 Å². The number of halogens is 1. The molecule has 4 nitrogen and oxygen atoms in total. The summed E-state index contributed by atoms with van der Waals surface area (Å²) in [5, 5.41) is 5.60. The first-order valence-electron chi connectivity index (χ1n) is 9.47. The van der Waals surface area contributed by atoms with E-state index in [1.807, 2.05) is 11.3 Å². The van der Waals surface area contributed by atoms with Crippen LogP contribution >= 0.6 is 35.3 Å². The average molecular weight is 478 g/mol. The maximum Gasteiger partial charge on any atom is 0.193 e. The number of guanidine groups is 1. The molecule has 0 radical (unpaired) electrons. The van der Waals surface area contributed by atoms with E-state index >= 15 is 0 Å². The second-order valence-corrected chi connectivity index (χ2v) is 7.76. The van der Waals surface area contributed by atoms with Gasteiger partial charge >= 0.3 is 0 Å². The Hall–Kier alpha value is -0.340. The molecule has 0 atom stereocenters. The first-order valence-corrected chi connectivity index (χ1v) is 10.3. The predicted molar refractivity (Wildman–Crippen MR) is 122 cm³/mol. The fraction of sp³-hybridized carbons (Fsp3) is 0.737. The minimum Gasteiger partial charge on any atom is -0.357 e. The number of aliphatic imine (C=N–C) groups is 1. The van der Waals surface area contributed by atoms with Gasteiger partial charge < -0.3 is 15.1 Å². The number of rotatable bonds is 8. The van der Waals surface area contributed by atoms with Gasteiger partial charge in [-0.2, -0.15) is 0 Å². The minimum absolute atomic E-state index is 0. The van der Waals surface area contributed by atoms with Gasteiger partial charge in [-0.25, -0.2) is 0 Å². The minimum atomic E-state index is 0. The largest absolute Gasteiger partial charge is 0.357 e. The highest BCUT2D eigenvalue weighted by Crippen LogP contribution is 2.17. The summed E-state index contributed by atoms with van der Waals surface area (Å²) in [6.45, 7) is 11.1. The number of hydrogen-bond acceptors (Lipinski definition) is 3. The number of likely N-dealkylation sites (N-methyl/N-ethyl adjacent to an activating group) is 1. The zero-order chi connectivity index (χ0) is 17.2. The van der Waals surface area contributed by atoms with Crippen LogP contribution in [0.15, 0.2) is 22.5 Å². The number of piperidine rings is 1. The lowest BCUT2D eigenvalue weighted by Crippen LogP contribution is -2.40. The van der Waals surface area contributed by atoms with Crippen molar-refractivity contribution in [1.82, 2.24) is 15.1 Å². The molecule has 0 bridgehead atoms. The lowest BCUT2D eigenvalue weighted by atomic mass is 9.97. The Bertz CT molecular complexity index is 470. The van der Waals surface area contributed by atoms with Gasteiger partial charge in [0.1, 0.15) is 0 Å². The Balaban J connectivity index is 0.00000312. The molecule has 144 valence electrons. The van der Waals surface area contributed by atoms with Crippen LogP contribution in [0.2, 0.25) is 0 Å². The molecule has 1 saturated heterocycles. The van der Waals surface area contributed by atoms with E-state index in [1.165, 1.54) is 43.8 Å². The summed E-state index contributed by atoms with van der Waals surface area (Å²) in [6, 6.07) is 4.34. The molecule has 0 unspecified atom stereocenters. The van der Waals surface area contributed by atoms with Crippen LogP contribution in [0.25, 0.3) is 0 Å². The Kier molecular flexibility index (Phi) is 11.7. The first kappa shape index (κ1) is 22.7. The van der Waals surface area contributed by atoms with Gasteiger partial charge in [-0.1, -0.05) is 13.0 Å². The molecule has 1 N–H and O–H groups in total. The molecule has 0 spiro atoms. The summed E-state index contributed by atoms with van der Waals surface area (Å²) in [5.41, 5.74) is 0. The number of nitrogens with one attached hydrogen (secondary N) is 1. The lowest BCUT2D eigenvalue weighted by Gasteiger charge is -2.31. The molecule has 0 amide bonds. The highest BCUT2D eigenvalue weighted by molar-refractivity contribution is 14.0. The summed E-state index contributed by atoms with van der Waals surface area (Å²) < 4.78 is 0. The molecule has 1 aliphatic heterocycles. The fourth-order valence-electron chi connectivity index (χ4n) is 3.23. The predicted octanol–water partition coefficient (Wildman–Crippen LogP) is 3.93. The van der Waals surface area contributed by atoms with Crippen molar-refractivity contribution in [2.24, 2.45) is 10.9 Å². The molecule has 0 saturated carbocycles. The first-order chi connectivity index (χ1) is 11.7.